The standard InChI is InChI=1S/C26H10F2N2S6/c27-21-7-19-25(35-21)23-17(31-19)5-15(33-23)11-1-3-13(29-9-11)14-4-2-12(10-30-14)16-6-18-24(34-16)26-20(32-18)8-22(28)36-26/h1-10H. The Balaban J connectivity index is 1.08. The second-order valence-corrected chi connectivity index (χ2v) is 14.4. The largest absolute Gasteiger partial charge is 0.254 e. The van der Waals surface area contributed by atoms with Crippen molar-refractivity contribution in [3.05, 3.63) is 71.2 Å². The molecule has 0 aliphatic carbocycles. The predicted molar refractivity (Wildman–Crippen MR) is 156 cm³/mol. The van der Waals surface area contributed by atoms with Gasteiger partial charge in [-0.25, -0.2) is 0 Å². The zero-order valence-electron chi connectivity index (χ0n) is 17.9. The lowest BCUT2D eigenvalue weighted by molar-refractivity contribution is 0.658. The summed E-state index contributed by atoms with van der Waals surface area (Å²) in [5, 5.41) is -0.265. The summed E-state index contributed by atoms with van der Waals surface area (Å²) in [5.41, 5.74) is 3.72. The van der Waals surface area contributed by atoms with Gasteiger partial charge in [-0.3, -0.25) is 9.97 Å². The third-order valence-corrected chi connectivity index (χ3v) is 13.2. The molecule has 8 heterocycles. The molecule has 8 aromatic rings. The van der Waals surface area contributed by atoms with Crippen LogP contribution >= 0.6 is 68.0 Å². The summed E-state index contributed by atoms with van der Waals surface area (Å²) in [5.74, 6) is 0. The molecule has 0 fully saturated rings. The van der Waals surface area contributed by atoms with Gasteiger partial charge < -0.3 is 0 Å². The molecule has 36 heavy (non-hydrogen) atoms. The van der Waals surface area contributed by atoms with Crippen molar-refractivity contribution < 1.29 is 8.78 Å². The molecule has 0 saturated carbocycles. The van der Waals surface area contributed by atoms with Gasteiger partial charge in [-0.05, 0) is 36.4 Å². The van der Waals surface area contributed by atoms with Crippen LogP contribution < -0.4 is 0 Å². The second-order valence-electron chi connectivity index (χ2n) is 8.16. The second kappa shape index (κ2) is 7.95. The minimum absolute atomic E-state index is 0.133. The number of hydrogen-bond acceptors (Lipinski definition) is 8. The van der Waals surface area contributed by atoms with E-state index >= 15 is 0 Å². The van der Waals surface area contributed by atoms with Crippen molar-refractivity contribution in [2.75, 3.05) is 0 Å². The summed E-state index contributed by atoms with van der Waals surface area (Å²) in [6, 6.07) is 15.7. The highest BCUT2D eigenvalue weighted by Crippen LogP contribution is 2.47. The number of nitrogens with zero attached hydrogens (tertiary/aromatic N) is 2. The maximum absolute atomic E-state index is 13.6. The Morgan fingerprint density at radius 3 is 1.31 bits per heavy atom. The van der Waals surface area contributed by atoms with Crippen LogP contribution in [0.15, 0.2) is 60.9 Å². The normalized spacial score (nSPS) is 12.2. The molecule has 0 unspecified atom stereocenters. The third kappa shape index (κ3) is 3.33. The molecule has 0 aliphatic rings. The molecule has 0 atom stereocenters. The van der Waals surface area contributed by atoms with Crippen LogP contribution in [0.5, 0.6) is 0 Å². The fourth-order valence-corrected chi connectivity index (χ4v) is 11.7. The Bertz CT molecular complexity index is 1920. The first-order chi connectivity index (χ1) is 17.6. The highest BCUT2D eigenvalue weighted by molar-refractivity contribution is 7.39. The third-order valence-electron chi connectivity index (χ3n) is 5.94. The van der Waals surface area contributed by atoms with Crippen LogP contribution in [0.3, 0.4) is 0 Å². The highest BCUT2D eigenvalue weighted by Gasteiger charge is 2.16. The number of halogens is 2. The number of fused-ring (bicyclic) bond motifs is 6. The molecule has 0 bridgehead atoms. The average Bonchev–Trinajstić information content (AvgIpc) is 3.69. The van der Waals surface area contributed by atoms with Crippen LogP contribution in [0.1, 0.15) is 0 Å². The van der Waals surface area contributed by atoms with Gasteiger partial charge in [-0.1, -0.05) is 0 Å². The van der Waals surface area contributed by atoms with Crippen molar-refractivity contribution in [1.82, 2.24) is 9.97 Å². The van der Waals surface area contributed by atoms with Gasteiger partial charge in [-0.15, -0.1) is 68.0 Å². The lowest BCUT2D eigenvalue weighted by Crippen LogP contribution is -1.87. The van der Waals surface area contributed by atoms with Crippen LogP contribution in [-0.4, -0.2) is 9.97 Å². The number of thiophene rings is 6. The molecule has 8 rings (SSSR count). The van der Waals surface area contributed by atoms with Crippen molar-refractivity contribution >= 4 is 106 Å². The molecule has 0 N–H and O–H groups in total. The van der Waals surface area contributed by atoms with Crippen LogP contribution in [0.4, 0.5) is 8.78 Å². The molecule has 8 aromatic heterocycles. The fraction of sp³-hybridized carbons (Fsp3) is 0. The van der Waals surface area contributed by atoms with E-state index in [4.69, 9.17) is 0 Å². The highest BCUT2D eigenvalue weighted by atomic mass is 32.1. The first-order valence-corrected chi connectivity index (χ1v) is 15.6. The van der Waals surface area contributed by atoms with E-state index in [9.17, 15) is 8.78 Å². The molecule has 0 amide bonds. The topological polar surface area (TPSA) is 25.8 Å². The van der Waals surface area contributed by atoms with Crippen LogP contribution in [0.25, 0.3) is 69.9 Å². The molecule has 0 aromatic carbocycles. The van der Waals surface area contributed by atoms with E-state index in [1.165, 1.54) is 32.1 Å². The molecular formula is C26H10F2N2S6. The Morgan fingerprint density at radius 2 is 0.889 bits per heavy atom. The Kier molecular flexibility index (Phi) is 4.74. The molecule has 0 aliphatic heterocycles. The van der Waals surface area contributed by atoms with Gasteiger partial charge >= 0.3 is 0 Å². The Hall–Kier alpha value is -2.60. The van der Waals surface area contributed by atoms with E-state index in [2.05, 4.69) is 34.2 Å². The molecule has 174 valence electrons. The predicted octanol–water partition coefficient (Wildman–Crippen LogP) is 10.7. The van der Waals surface area contributed by atoms with E-state index < -0.39 is 0 Å². The van der Waals surface area contributed by atoms with E-state index in [0.717, 1.165) is 60.5 Å². The van der Waals surface area contributed by atoms with Crippen LogP contribution in [0, 0.1) is 10.3 Å². The Morgan fingerprint density at radius 1 is 0.472 bits per heavy atom. The van der Waals surface area contributed by atoms with Crippen LogP contribution in [-0.2, 0) is 0 Å². The van der Waals surface area contributed by atoms with Crippen molar-refractivity contribution in [3.8, 4) is 32.3 Å². The molecule has 0 saturated heterocycles. The van der Waals surface area contributed by atoms with Gasteiger partial charge in [0.2, 0.25) is 0 Å². The number of rotatable bonds is 3. The summed E-state index contributed by atoms with van der Waals surface area (Å²) < 4.78 is 36.1. The van der Waals surface area contributed by atoms with E-state index in [0.29, 0.717) is 0 Å². The average molecular weight is 581 g/mol. The van der Waals surface area contributed by atoms with Gasteiger partial charge in [-0.2, -0.15) is 8.78 Å². The summed E-state index contributed by atoms with van der Waals surface area (Å²) in [4.78, 5) is 11.6. The maximum atomic E-state index is 13.6. The van der Waals surface area contributed by atoms with Crippen molar-refractivity contribution in [3.63, 3.8) is 0 Å². The number of hydrogen-bond donors (Lipinski definition) is 0. The van der Waals surface area contributed by atoms with E-state index in [-0.39, 0.29) is 10.3 Å². The number of pyridine rings is 2. The molecule has 2 nitrogen and oxygen atoms in total. The Labute approximate surface area is 226 Å². The molecular weight excluding hydrogens is 571 g/mol. The first kappa shape index (κ1) is 21.5. The number of aromatic nitrogens is 2. The minimum atomic E-state index is -0.133. The van der Waals surface area contributed by atoms with Crippen molar-refractivity contribution in [1.29, 1.82) is 0 Å². The monoisotopic (exact) mass is 580 g/mol. The quantitative estimate of drug-likeness (QED) is 0.208. The fourth-order valence-electron chi connectivity index (χ4n) is 4.28. The maximum Gasteiger partial charge on any atom is 0.178 e. The van der Waals surface area contributed by atoms with Gasteiger partial charge in [0.05, 0.1) is 39.6 Å². The lowest BCUT2D eigenvalue weighted by Gasteiger charge is -2.03. The molecule has 10 heteroatoms. The summed E-state index contributed by atoms with van der Waals surface area (Å²) >= 11 is 9.08. The van der Waals surface area contributed by atoms with Crippen molar-refractivity contribution in [2.24, 2.45) is 0 Å². The van der Waals surface area contributed by atoms with Gasteiger partial charge in [0.1, 0.15) is 0 Å². The molecule has 0 radical (unpaired) electrons. The summed E-state index contributed by atoms with van der Waals surface area (Å²) in [6.45, 7) is 0. The van der Waals surface area contributed by atoms with E-state index in [1.807, 2.05) is 24.5 Å². The zero-order valence-corrected chi connectivity index (χ0v) is 22.8. The minimum Gasteiger partial charge on any atom is -0.254 e. The SMILES string of the molecule is Fc1cc2sc3cc(-c4ccc(-c5ccc(-c6cc7sc8cc(F)sc8c7s6)cn5)nc4)sc3c2s1. The van der Waals surface area contributed by atoms with Crippen LogP contribution in [0.2, 0.25) is 0 Å². The molecule has 0 spiro atoms. The van der Waals surface area contributed by atoms with Crippen molar-refractivity contribution in [2.45, 2.75) is 0 Å². The lowest BCUT2D eigenvalue weighted by atomic mass is 10.1. The van der Waals surface area contributed by atoms with Gasteiger partial charge in [0, 0.05) is 54.8 Å². The summed E-state index contributed by atoms with van der Waals surface area (Å²) in [7, 11) is 0. The summed E-state index contributed by atoms with van der Waals surface area (Å²) in [6.07, 6.45) is 3.76. The van der Waals surface area contributed by atoms with Gasteiger partial charge in [0.15, 0.2) is 10.3 Å². The zero-order chi connectivity index (χ0) is 24.0. The van der Waals surface area contributed by atoms with E-state index in [1.54, 1.807) is 57.5 Å². The van der Waals surface area contributed by atoms with Gasteiger partial charge in [0.25, 0.3) is 0 Å². The smallest absolute Gasteiger partial charge is 0.178 e. The first-order valence-electron chi connectivity index (χ1n) is 10.7.